The molecular formula is C16H20N2O2S. The molecule has 0 radical (unpaired) electrons. The molecular weight excluding hydrogens is 284 g/mol. The summed E-state index contributed by atoms with van der Waals surface area (Å²) in [5.41, 5.74) is 3.61. The zero-order chi connectivity index (χ0) is 15.6. The Hall–Kier alpha value is -1.88. The molecule has 5 heteroatoms. The first-order chi connectivity index (χ1) is 9.97. The summed E-state index contributed by atoms with van der Waals surface area (Å²) in [6, 6.07) is 3.99. The van der Waals surface area contributed by atoms with Crippen molar-refractivity contribution in [1.82, 2.24) is 10.2 Å². The van der Waals surface area contributed by atoms with Crippen molar-refractivity contribution in [1.29, 1.82) is 0 Å². The number of aryl methyl sites for hydroxylation is 2. The number of hydrogen-bond acceptors (Lipinski definition) is 3. The standard InChI is InChI=1S/C16H20N2O2S/c1-5-6-18-15(19)13(17-16(18)21)9-12-7-11(3)14(20-4)8-10(12)2/h7-9H,5-6H2,1-4H3,(H,17,21). The van der Waals surface area contributed by atoms with Gasteiger partial charge in [0.15, 0.2) is 5.11 Å². The lowest BCUT2D eigenvalue weighted by atomic mass is 10.0. The van der Waals surface area contributed by atoms with Crippen LogP contribution < -0.4 is 10.1 Å². The number of carbonyl (C=O) groups excluding carboxylic acids is 1. The van der Waals surface area contributed by atoms with Crippen LogP contribution in [0.3, 0.4) is 0 Å². The van der Waals surface area contributed by atoms with Crippen LogP contribution in [0.2, 0.25) is 0 Å². The molecule has 1 saturated heterocycles. The van der Waals surface area contributed by atoms with E-state index in [4.69, 9.17) is 17.0 Å². The predicted octanol–water partition coefficient (Wildman–Crippen LogP) is 2.78. The first-order valence-corrected chi connectivity index (χ1v) is 7.38. The van der Waals surface area contributed by atoms with E-state index in [1.807, 2.05) is 39.0 Å². The average molecular weight is 304 g/mol. The molecule has 1 aliphatic rings. The van der Waals surface area contributed by atoms with E-state index in [0.717, 1.165) is 28.9 Å². The van der Waals surface area contributed by atoms with Crippen LogP contribution in [0.1, 0.15) is 30.0 Å². The molecule has 1 amide bonds. The Kier molecular flexibility index (Phi) is 4.63. The Bertz CT molecular complexity index is 623. The van der Waals surface area contributed by atoms with Crippen LogP contribution in [-0.4, -0.2) is 29.6 Å². The fourth-order valence-corrected chi connectivity index (χ4v) is 2.63. The van der Waals surface area contributed by atoms with E-state index in [-0.39, 0.29) is 5.91 Å². The van der Waals surface area contributed by atoms with Gasteiger partial charge in [-0.2, -0.15) is 0 Å². The quantitative estimate of drug-likeness (QED) is 0.686. The predicted molar refractivity (Wildman–Crippen MR) is 88.2 cm³/mol. The molecule has 0 bridgehead atoms. The highest BCUT2D eigenvalue weighted by molar-refractivity contribution is 7.80. The highest BCUT2D eigenvalue weighted by Gasteiger charge is 2.29. The number of nitrogens with one attached hydrogen (secondary N) is 1. The van der Waals surface area contributed by atoms with Crippen LogP contribution in [0.25, 0.3) is 6.08 Å². The molecule has 112 valence electrons. The van der Waals surface area contributed by atoms with Crippen LogP contribution in [-0.2, 0) is 4.79 Å². The van der Waals surface area contributed by atoms with Crippen molar-refractivity contribution in [2.45, 2.75) is 27.2 Å². The average Bonchev–Trinajstić information content (AvgIpc) is 2.70. The number of hydrogen-bond donors (Lipinski definition) is 1. The van der Waals surface area contributed by atoms with Gasteiger partial charge in [0.2, 0.25) is 0 Å². The topological polar surface area (TPSA) is 41.6 Å². The molecule has 1 aromatic rings. The van der Waals surface area contributed by atoms with Crippen LogP contribution >= 0.6 is 12.2 Å². The highest BCUT2D eigenvalue weighted by Crippen LogP contribution is 2.25. The van der Waals surface area contributed by atoms with E-state index in [0.29, 0.717) is 17.4 Å². The molecule has 4 nitrogen and oxygen atoms in total. The third-order valence-corrected chi connectivity index (χ3v) is 3.82. The van der Waals surface area contributed by atoms with Gasteiger partial charge in [-0.15, -0.1) is 0 Å². The number of rotatable bonds is 4. The number of benzene rings is 1. The smallest absolute Gasteiger partial charge is 0.276 e. The lowest BCUT2D eigenvalue weighted by Crippen LogP contribution is -2.31. The molecule has 1 aliphatic heterocycles. The van der Waals surface area contributed by atoms with Gasteiger partial charge in [-0.1, -0.05) is 6.92 Å². The number of ether oxygens (including phenoxy) is 1. The van der Waals surface area contributed by atoms with Gasteiger partial charge < -0.3 is 10.1 Å². The largest absolute Gasteiger partial charge is 0.496 e. The zero-order valence-electron chi connectivity index (χ0n) is 12.8. The van der Waals surface area contributed by atoms with Crippen molar-refractivity contribution in [2.75, 3.05) is 13.7 Å². The lowest BCUT2D eigenvalue weighted by molar-refractivity contribution is -0.122. The van der Waals surface area contributed by atoms with Crippen molar-refractivity contribution >= 4 is 29.3 Å². The maximum atomic E-state index is 12.3. The zero-order valence-corrected chi connectivity index (χ0v) is 13.6. The number of nitrogens with zero attached hydrogens (tertiary/aromatic N) is 1. The van der Waals surface area contributed by atoms with Gasteiger partial charge in [-0.3, -0.25) is 9.69 Å². The second kappa shape index (κ2) is 6.26. The van der Waals surface area contributed by atoms with Gasteiger partial charge in [0, 0.05) is 6.54 Å². The molecule has 2 rings (SSSR count). The maximum Gasteiger partial charge on any atom is 0.276 e. The van der Waals surface area contributed by atoms with Gasteiger partial charge in [0.05, 0.1) is 7.11 Å². The van der Waals surface area contributed by atoms with Gasteiger partial charge in [0.25, 0.3) is 5.91 Å². The van der Waals surface area contributed by atoms with Crippen molar-refractivity contribution in [3.8, 4) is 5.75 Å². The molecule has 1 N–H and O–H groups in total. The Morgan fingerprint density at radius 1 is 1.33 bits per heavy atom. The third kappa shape index (κ3) is 3.08. The van der Waals surface area contributed by atoms with Crippen LogP contribution in [0.15, 0.2) is 17.8 Å². The van der Waals surface area contributed by atoms with E-state index in [1.165, 1.54) is 0 Å². The second-order valence-corrected chi connectivity index (χ2v) is 5.51. The Labute approximate surface area is 130 Å². The number of thiocarbonyl (C=S) groups is 1. The summed E-state index contributed by atoms with van der Waals surface area (Å²) in [7, 11) is 1.66. The number of carbonyl (C=O) groups is 1. The maximum absolute atomic E-state index is 12.3. The first-order valence-electron chi connectivity index (χ1n) is 6.97. The van der Waals surface area contributed by atoms with Crippen molar-refractivity contribution in [3.63, 3.8) is 0 Å². The summed E-state index contributed by atoms with van der Waals surface area (Å²) in [4.78, 5) is 13.9. The highest BCUT2D eigenvalue weighted by atomic mass is 32.1. The van der Waals surface area contributed by atoms with Crippen LogP contribution in [0.4, 0.5) is 0 Å². The van der Waals surface area contributed by atoms with E-state index in [1.54, 1.807) is 12.0 Å². The molecule has 0 aromatic heterocycles. The Balaban J connectivity index is 2.35. The van der Waals surface area contributed by atoms with Gasteiger partial charge in [-0.25, -0.2) is 0 Å². The number of amides is 1. The van der Waals surface area contributed by atoms with E-state index >= 15 is 0 Å². The molecule has 0 spiro atoms. The Morgan fingerprint density at radius 3 is 2.67 bits per heavy atom. The van der Waals surface area contributed by atoms with Crippen molar-refractivity contribution in [2.24, 2.45) is 0 Å². The molecule has 1 aromatic carbocycles. The van der Waals surface area contributed by atoms with Crippen LogP contribution in [0, 0.1) is 13.8 Å². The normalized spacial score (nSPS) is 16.6. The minimum atomic E-state index is -0.0604. The monoisotopic (exact) mass is 304 g/mol. The van der Waals surface area contributed by atoms with Gasteiger partial charge in [-0.05, 0) is 67.4 Å². The molecule has 1 heterocycles. The number of methoxy groups -OCH3 is 1. The lowest BCUT2D eigenvalue weighted by Gasteiger charge is -2.11. The fraction of sp³-hybridized carbons (Fsp3) is 0.375. The van der Waals surface area contributed by atoms with E-state index < -0.39 is 0 Å². The summed E-state index contributed by atoms with van der Waals surface area (Å²) in [6.45, 7) is 6.64. The molecule has 0 unspecified atom stereocenters. The van der Waals surface area contributed by atoms with Crippen molar-refractivity contribution in [3.05, 3.63) is 34.5 Å². The fourth-order valence-electron chi connectivity index (χ4n) is 2.34. The summed E-state index contributed by atoms with van der Waals surface area (Å²) in [5.74, 6) is 0.790. The minimum absolute atomic E-state index is 0.0604. The molecule has 1 fully saturated rings. The van der Waals surface area contributed by atoms with E-state index in [2.05, 4.69) is 5.32 Å². The Morgan fingerprint density at radius 2 is 2.05 bits per heavy atom. The van der Waals surface area contributed by atoms with Crippen LogP contribution in [0.5, 0.6) is 5.75 Å². The van der Waals surface area contributed by atoms with Crippen molar-refractivity contribution < 1.29 is 9.53 Å². The first kappa shape index (κ1) is 15.5. The molecule has 0 aliphatic carbocycles. The summed E-state index contributed by atoms with van der Waals surface area (Å²) < 4.78 is 5.31. The molecule has 0 saturated carbocycles. The third-order valence-electron chi connectivity index (χ3n) is 3.49. The SMILES string of the molecule is CCCN1C(=O)C(=Cc2cc(C)c(OC)cc2C)NC1=S. The summed E-state index contributed by atoms with van der Waals surface area (Å²) in [5, 5.41) is 3.48. The van der Waals surface area contributed by atoms with Gasteiger partial charge >= 0.3 is 0 Å². The minimum Gasteiger partial charge on any atom is -0.496 e. The molecule has 21 heavy (non-hydrogen) atoms. The second-order valence-electron chi connectivity index (χ2n) is 5.12. The molecule has 0 atom stereocenters. The van der Waals surface area contributed by atoms with E-state index in [9.17, 15) is 4.79 Å². The van der Waals surface area contributed by atoms with Gasteiger partial charge in [0.1, 0.15) is 11.4 Å². The summed E-state index contributed by atoms with van der Waals surface area (Å²) in [6.07, 6.45) is 2.73. The summed E-state index contributed by atoms with van der Waals surface area (Å²) >= 11 is 5.21.